The highest BCUT2D eigenvalue weighted by molar-refractivity contribution is 5.97. The number of hydrogen-bond acceptors (Lipinski definition) is 8. The molecule has 1 aliphatic heterocycles. The lowest BCUT2D eigenvalue weighted by molar-refractivity contribution is -0.122. The second kappa shape index (κ2) is 16.1. The molecule has 0 saturated carbocycles. The quantitative estimate of drug-likeness (QED) is 0.265. The highest BCUT2D eigenvalue weighted by Gasteiger charge is 2.23. The number of nitrogens with one attached hydrogen (secondary N) is 2. The van der Waals surface area contributed by atoms with Gasteiger partial charge in [-0.1, -0.05) is 12.1 Å². The second-order valence-electron chi connectivity index (χ2n) is 12.1. The number of fused-ring (bicyclic) bond motifs is 3. The van der Waals surface area contributed by atoms with Crippen LogP contribution < -0.4 is 20.3 Å². The molecule has 1 aliphatic rings. The minimum atomic E-state index is -0.297. The number of carbonyl (C=O) groups is 3. The number of rotatable bonds is 10. The molecule has 0 aliphatic carbocycles. The average Bonchev–Trinajstić information content (AvgIpc) is 3.57. The zero-order valence-corrected chi connectivity index (χ0v) is 28.2. The van der Waals surface area contributed by atoms with E-state index in [1.54, 1.807) is 22.1 Å². The van der Waals surface area contributed by atoms with Crippen LogP contribution in [-0.2, 0) is 22.7 Å². The molecular formula is C35H45N9O4. The number of amides is 3. The number of ether oxygens (including phenoxy) is 1. The Morgan fingerprint density at radius 3 is 2.10 bits per heavy atom. The molecule has 5 rings (SSSR count). The van der Waals surface area contributed by atoms with Crippen LogP contribution in [0.2, 0.25) is 0 Å². The van der Waals surface area contributed by atoms with Crippen LogP contribution in [0, 0.1) is 27.7 Å². The van der Waals surface area contributed by atoms with E-state index >= 15 is 0 Å². The number of hydrogen-bond donors (Lipinski definition) is 2. The van der Waals surface area contributed by atoms with Gasteiger partial charge < -0.3 is 25.2 Å². The van der Waals surface area contributed by atoms with Crippen LogP contribution in [0.4, 0.5) is 11.4 Å². The Labute approximate surface area is 281 Å². The van der Waals surface area contributed by atoms with Crippen molar-refractivity contribution in [3.63, 3.8) is 0 Å². The molecule has 3 aromatic heterocycles. The van der Waals surface area contributed by atoms with Crippen LogP contribution in [0.5, 0.6) is 5.75 Å². The van der Waals surface area contributed by atoms with Crippen molar-refractivity contribution in [2.45, 2.75) is 60.0 Å². The number of pyridine rings is 1. The van der Waals surface area contributed by atoms with E-state index in [1.165, 1.54) is 6.20 Å². The third kappa shape index (κ3) is 8.99. The first-order chi connectivity index (χ1) is 23.2. The van der Waals surface area contributed by atoms with Crippen LogP contribution >= 0.6 is 0 Å². The summed E-state index contributed by atoms with van der Waals surface area (Å²) in [7, 11) is 0. The monoisotopic (exact) mass is 655 g/mol. The van der Waals surface area contributed by atoms with Crippen LogP contribution in [0.25, 0.3) is 0 Å². The van der Waals surface area contributed by atoms with Crippen LogP contribution in [-0.4, -0.2) is 86.5 Å². The molecule has 0 unspecified atom stereocenters. The van der Waals surface area contributed by atoms with Gasteiger partial charge in [-0.05, 0) is 77.3 Å². The fourth-order valence-corrected chi connectivity index (χ4v) is 5.84. The molecule has 254 valence electrons. The molecule has 2 bridgehead atoms. The first kappa shape index (κ1) is 34.1. The van der Waals surface area contributed by atoms with Gasteiger partial charge >= 0.3 is 0 Å². The maximum atomic E-state index is 13.9. The molecule has 2 N–H and O–H groups in total. The third-order valence-electron chi connectivity index (χ3n) is 8.19. The van der Waals surface area contributed by atoms with Crippen LogP contribution in [0.1, 0.15) is 52.4 Å². The molecule has 48 heavy (non-hydrogen) atoms. The summed E-state index contributed by atoms with van der Waals surface area (Å²) in [4.78, 5) is 48.0. The van der Waals surface area contributed by atoms with Crippen molar-refractivity contribution in [2.75, 3.05) is 44.2 Å². The van der Waals surface area contributed by atoms with E-state index in [4.69, 9.17) is 4.74 Å². The third-order valence-corrected chi connectivity index (χ3v) is 8.19. The van der Waals surface area contributed by atoms with E-state index < -0.39 is 0 Å². The van der Waals surface area contributed by atoms with Gasteiger partial charge in [-0.2, -0.15) is 10.2 Å². The van der Waals surface area contributed by atoms with Crippen LogP contribution in [0.15, 0.2) is 54.9 Å². The molecule has 4 aromatic rings. The smallest absolute Gasteiger partial charge is 0.255 e. The number of benzene rings is 1. The maximum Gasteiger partial charge on any atom is 0.255 e. The summed E-state index contributed by atoms with van der Waals surface area (Å²) < 4.78 is 9.94. The lowest BCUT2D eigenvalue weighted by Crippen LogP contribution is -2.42. The number of aryl methyl sites for hydroxylation is 4. The number of aromatic nitrogens is 5. The summed E-state index contributed by atoms with van der Waals surface area (Å²) >= 11 is 0. The lowest BCUT2D eigenvalue weighted by Gasteiger charge is -2.28. The SMILES string of the molecule is Cc1cc(C)n(CCNC(=O)CN2CCCCCOc3ccccc3N(CC(=O)NCCn3nc(C)cc3C)c3cncc(c3)C2=O)n1. The molecule has 0 fully saturated rings. The van der Waals surface area contributed by atoms with Crippen molar-refractivity contribution in [3.05, 3.63) is 83.2 Å². The van der Waals surface area contributed by atoms with Crippen molar-refractivity contribution in [3.8, 4) is 5.75 Å². The summed E-state index contributed by atoms with van der Waals surface area (Å²) in [6.45, 7) is 10.5. The highest BCUT2D eigenvalue weighted by Crippen LogP contribution is 2.34. The number of nitrogens with zero attached hydrogens (tertiary/aromatic N) is 7. The molecule has 0 radical (unpaired) electrons. The van der Waals surface area contributed by atoms with Crippen molar-refractivity contribution in [2.24, 2.45) is 0 Å². The fourth-order valence-electron chi connectivity index (χ4n) is 5.84. The van der Waals surface area contributed by atoms with Crippen molar-refractivity contribution in [1.29, 1.82) is 0 Å². The van der Waals surface area contributed by atoms with Gasteiger partial charge in [0.2, 0.25) is 11.8 Å². The number of carbonyl (C=O) groups excluding carboxylic acids is 3. The van der Waals surface area contributed by atoms with Crippen molar-refractivity contribution in [1.82, 2.24) is 40.1 Å². The van der Waals surface area contributed by atoms with E-state index in [1.807, 2.05) is 73.5 Å². The summed E-state index contributed by atoms with van der Waals surface area (Å²) in [5, 5.41) is 14.8. The fraction of sp³-hybridized carbons (Fsp3) is 0.429. The highest BCUT2D eigenvalue weighted by atomic mass is 16.5. The minimum Gasteiger partial charge on any atom is -0.491 e. The van der Waals surface area contributed by atoms with Gasteiger partial charge in [-0.15, -0.1) is 0 Å². The predicted molar refractivity (Wildman–Crippen MR) is 182 cm³/mol. The molecule has 0 atom stereocenters. The van der Waals surface area contributed by atoms with Gasteiger partial charge in [-0.25, -0.2) is 0 Å². The average molecular weight is 656 g/mol. The molecule has 0 spiro atoms. The molecule has 13 heteroatoms. The predicted octanol–water partition coefficient (Wildman–Crippen LogP) is 3.48. The summed E-state index contributed by atoms with van der Waals surface area (Å²) in [6.07, 6.45) is 5.42. The zero-order valence-electron chi connectivity index (χ0n) is 28.2. The first-order valence-corrected chi connectivity index (χ1v) is 16.5. The van der Waals surface area contributed by atoms with Gasteiger partial charge in [0.15, 0.2) is 0 Å². The van der Waals surface area contributed by atoms with E-state index in [0.29, 0.717) is 68.4 Å². The molecule has 4 heterocycles. The zero-order chi connectivity index (χ0) is 34.0. The Morgan fingerprint density at radius 2 is 1.46 bits per heavy atom. The Morgan fingerprint density at radius 1 is 0.812 bits per heavy atom. The van der Waals surface area contributed by atoms with Gasteiger partial charge in [0.1, 0.15) is 12.3 Å². The first-order valence-electron chi connectivity index (χ1n) is 16.5. The largest absolute Gasteiger partial charge is 0.491 e. The van der Waals surface area contributed by atoms with E-state index in [2.05, 4.69) is 25.8 Å². The molecule has 3 amide bonds. The molecular weight excluding hydrogens is 610 g/mol. The normalized spacial score (nSPS) is 13.8. The van der Waals surface area contributed by atoms with Gasteiger partial charge in [-0.3, -0.25) is 28.7 Å². The minimum absolute atomic E-state index is 0.0296. The standard InChI is InChI=1S/C35H45N9O4/c1-25-18-27(3)43(39-25)15-12-37-33(45)23-41-14-8-5-9-17-48-32-11-7-6-10-31(32)42(30-20-29(35(41)47)21-36-22-30)24-34(46)38-13-16-44-28(4)19-26(2)40-44/h6-7,10-11,18-22H,5,8-9,12-17,23-24H2,1-4H3,(H,37,45)(H,38,46). The number of para-hydroxylation sites is 2. The molecule has 0 saturated heterocycles. The van der Waals surface area contributed by atoms with Gasteiger partial charge in [0, 0.05) is 37.2 Å². The van der Waals surface area contributed by atoms with Crippen molar-refractivity contribution < 1.29 is 19.1 Å². The second-order valence-corrected chi connectivity index (χ2v) is 12.1. The Bertz CT molecular complexity index is 1730. The van der Waals surface area contributed by atoms with E-state index in [-0.39, 0.29) is 30.8 Å². The van der Waals surface area contributed by atoms with Gasteiger partial charge in [0.25, 0.3) is 5.91 Å². The lowest BCUT2D eigenvalue weighted by atomic mass is 10.1. The maximum absolute atomic E-state index is 13.9. The summed E-state index contributed by atoms with van der Waals surface area (Å²) in [6, 6.07) is 13.3. The van der Waals surface area contributed by atoms with Gasteiger partial charge in [0.05, 0.1) is 60.8 Å². The van der Waals surface area contributed by atoms with Crippen LogP contribution in [0.3, 0.4) is 0 Å². The van der Waals surface area contributed by atoms with E-state index in [0.717, 1.165) is 35.6 Å². The summed E-state index contributed by atoms with van der Waals surface area (Å²) in [5.41, 5.74) is 5.48. The topological polar surface area (TPSA) is 140 Å². The number of anilines is 2. The Kier molecular flexibility index (Phi) is 11.4. The molecule has 1 aromatic carbocycles. The van der Waals surface area contributed by atoms with Crippen molar-refractivity contribution >= 4 is 29.1 Å². The Balaban J connectivity index is 1.33. The van der Waals surface area contributed by atoms with E-state index in [9.17, 15) is 14.4 Å². The summed E-state index contributed by atoms with van der Waals surface area (Å²) in [5.74, 6) is -0.108. The molecule has 13 nitrogen and oxygen atoms in total. The Hall–Kier alpha value is -5.20.